The number of rotatable bonds is 7. The van der Waals surface area contributed by atoms with Gasteiger partial charge >= 0.3 is 0 Å². The van der Waals surface area contributed by atoms with Crippen molar-refractivity contribution in [2.75, 3.05) is 17.7 Å². The predicted octanol–water partition coefficient (Wildman–Crippen LogP) is 5.35. The number of amides is 2. The molecule has 0 saturated carbocycles. The number of hydrogen-bond donors (Lipinski definition) is 0. The molecule has 4 unspecified atom stereocenters. The maximum atomic E-state index is 14.7. The van der Waals surface area contributed by atoms with Crippen molar-refractivity contribution in [2.24, 2.45) is 11.8 Å². The molecule has 0 spiro atoms. The molecule has 0 N–H and O–H groups in total. The minimum Gasteiger partial charge on any atom is -0.484 e. The third kappa shape index (κ3) is 3.88. The van der Waals surface area contributed by atoms with Gasteiger partial charge in [-0.15, -0.1) is 6.58 Å². The minimum absolute atomic E-state index is 0.0840. The number of benzene rings is 1. The maximum absolute atomic E-state index is 14.7. The number of carbonyl (C=O) groups excluding carboxylic acids is 2. The van der Waals surface area contributed by atoms with Gasteiger partial charge in [-0.1, -0.05) is 44.7 Å². The van der Waals surface area contributed by atoms with E-state index in [2.05, 4.69) is 13.2 Å². The summed E-state index contributed by atoms with van der Waals surface area (Å²) >= 11 is 6.21. The zero-order valence-corrected chi connectivity index (χ0v) is 17.7. The summed E-state index contributed by atoms with van der Waals surface area (Å²) in [5, 5.41) is 0.123. The standard InChI is InChI=1S/C21H24ClFNO3P/c1-4-10-28(3)19(5-2)27-18-12-17(16(23)11-15(18)22)24-20(25)13-8-6-7-9-14(13)21(24)26/h4,6,8,11-14,19H,1,5,7,9-10H2,2-3H3. The van der Waals surface area contributed by atoms with E-state index in [1.54, 1.807) is 6.08 Å². The molecule has 1 aliphatic heterocycles. The fourth-order valence-electron chi connectivity index (χ4n) is 3.76. The number of fused-ring (bicyclic) bond motifs is 1. The van der Waals surface area contributed by atoms with Crippen LogP contribution in [0, 0.1) is 17.7 Å². The number of imide groups is 1. The number of halogens is 2. The van der Waals surface area contributed by atoms with Gasteiger partial charge in [-0.2, -0.15) is 0 Å². The first-order valence-electron chi connectivity index (χ1n) is 9.40. The molecule has 4 nitrogen and oxygen atoms in total. The van der Waals surface area contributed by atoms with Gasteiger partial charge < -0.3 is 4.74 Å². The Kier molecular flexibility index (Phi) is 6.57. The van der Waals surface area contributed by atoms with E-state index in [0.717, 1.165) is 30.0 Å². The predicted molar refractivity (Wildman–Crippen MR) is 112 cm³/mol. The van der Waals surface area contributed by atoms with Crippen LogP contribution in [0.4, 0.5) is 10.1 Å². The Morgan fingerprint density at radius 1 is 1.43 bits per heavy atom. The molecule has 4 atom stereocenters. The Morgan fingerprint density at radius 3 is 2.82 bits per heavy atom. The van der Waals surface area contributed by atoms with E-state index in [4.69, 9.17) is 16.3 Å². The molecule has 1 heterocycles. The van der Waals surface area contributed by atoms with E-state index < -0.39 is 31.5 Å². The molecular weight excluding hydrogens is 400 g/mol. The molecule has 0 radical (unpaired) electrons. The highest BCUT2D eigenvalue weighted by atomic mass is 35.5. The van der Waals surface area contributed by atoms with Gasteiger partial charge in [0.05, 0.1) is 22.5 Å². The van der Waals surface area contributed by atoms with Gasteiger partial charge in [0.2, 0.25) is 11.8 Å². The van der Waals surface area contributed by atoms with Crippen LogP contribution in [-0.4, -0.2) is 30.5 Å². The van der Waals surface area contributed by atoms with E-state index in [-0.39, 0.29) is 28.2 Å². The highest BCUT2D eigenvalue weighted by Crippen LogP contribution is 2.44. The summed E-state index contributed by atoms with van der Waals surface area (Å²) in [6.07, 6.45) is 8.44. The Bertz CT molecular complexity index is 828. The second-order valence-corrected chi connectivity index (χ2v) is 9.96. The summed E-state index contributed by atoms with van der Waals surface area (Å²) < 4.78 is 20.8. The highest BCUT2D eigenvalue weighted by molar-refractivity contribution is 7.57. The van der Waals surface area contributed by atoms with Crippen molar-refractivity contribution in [2.45, 2.75) is 32.0 Å². The highest BCUT2D eigenvalue weighted by Gasteiger charge is 2.48. The Balaban J connectivity index is 1.94. The van der Waals surface area contributed by atoms with Crippen molar-refractivity contribution >= 4 is 37.0 Å². The van der Waals surface area contributed by atoms with Crippen molar-refractivity contribution in [1.29, 1.82) is 0 Å². The SMILES string of the molecule is C=CCP(C)C(CC)Oc1cc(N2C(=O)C3C=CCCC3C2=O)c(F)cc1Cl. The first-order chi connectivity index (χ1) is 13.4. The Labute approximate surface area is 171 Å². The lowest BCUT2D eigenvalue weighted by molar-refractivity contribution is -0.122. The van der Waals surface area contributed by atoms with Crippen LogP contribution in [0.2, 0.25) is 5.02 Å². The van der Waals surface area contributed by atoms with Crippen molar-refractivity contribution in [3.63, 3.8) is 0 Å². The van der Waals surface area contributed by atoms with Gasteiger partial charge in [0.25, 0.3) is 0 Å². The fourth-order valence-corrected chi connectivity index (χ4v) is 5.51. The third-order valence-corrected chi connectivity index (χ3v) is 7.81. The maximum Gasteiger partial charge on any atom is 0.241 e. The summed E-state index contributed by atoms with van der Waals surface area (Å²) in [6.45, 7) is 7.88. The first-order valence-corrected chi connectivity index (χ1v) is 11.8. The van der Waals surface area contributed by atoms with E-state index >= 15 is 0 Å². The van der Waals surface area contributed by atoms with Crippen LogP contribution >= 0.6 is 19.5 Å². The van der Waals surface area contributed by atoms with Crippen LogP contribution in [0.1, 0.15) is 26.2 Å². The average Bonchev–Trinajstić information content (AvgIpc) is 2.92. The summed E-state index contributed by atoms with van der Waals surface area (Å²) in [7, 11) is -0.486. The second kappa shape index (κ2) is 8.75. The first kappa shape index (κ1) is 21.0. The van der Waals surface area contributed by atoms with Crippen molar-refractivity contribution in [3.8, 4) is 5.75 Å². The summed E-state index contributed by atoms with van der Waals surface area (Å²) in [5.74, 6) is -2.19. The molecular formula is C21H24ClFNO3P. The molecule has 2 amide bonds. The number of nitrogens with zero attached hydrogens (tertiary/aromatic N) is 1. The number of ether oxygens (including phenoxy) is 1. The molecule has 1 aromatic rings. The van der Waals surface area contributed by atoms with E-state index in [1.807, 2.05) is 19.1 Å². The van der Waals surface area contributed by atoms with E-state index in [0.29, 0.717) is 6.42 Å². The molecule has 1 aromatic carbocycles. The van der Waals surface area contributed by atoms with E-state index in [9.17, 15) is 14.0 Å². The molecule has 0 bridgehead atoms. The minimum atomic E-state index is -0.709. The number of anilines is 1. The van der Waals surface area contributed by atoms with Crippen molar-refractivity contribution in [1.82, 2.24) is 0 Å². The zero-order chi connectivity index (χ0) is 20.4. The molecule has 7 heteroatoms. The molecule has 1 saturated heterocycles. The monoisotopic (exact) mass is 423 g/mol. The van der Waals surface area contributed by atoms with Crippen LogP contribution in [0.25, 0.3) is 0 Å². The largest absolute Gasteiger partial charge is 0.484 e. The number of allylic oxidation sites excluding steroid dienone is 2. The fraction of sp³-hybridized carbons (Fsp3) is 0.429. The van der Waals surface area contributed by atoms with Gasteiger partial charge in [0, 0.05) is 6.07 Å². The number of carbonyl (C=O) groups is 2. The summed E-state index contributed by atoms with van der Waals surface area (Å²) in [4.78, 5) is 26.5. The van der Waals surface area contributed by atoms with Crippen LogP contribution < -0.4 is 9.64 Å². The van der Waals surface area contributed by atoms with Crippen molar-refractivity contribution in [3.05, 3.63) is 47.8 Å². The van der Waals surface area contributed by atoms with Crippen LogP contribution in [0.3, 0.4) is 0 Å². The lowest BCUT2D eigenvalue weighted by atomic mass is 9.86. The lowest BCUT2D eigenvalue weighted by Crippen LogP contribution is -2.31. The molecule has 0 aromatic heterocycles. The van der Waals surface area contributed by atoms with Gasteiger partial charge in [-0.05, 0) is 38.2 Å². The quantitative estimate of drug-likeness (QED) is 0.337. The summed E-state index contributed by atoms with van der Waals surface area (Å²) in [5.41, 5.74) is -0.0868. The Morgan fingerprint density at radius 2 is 2.18 bits per heavy atom. The third-order valence-electron chi connectivity index (χ3n) is 5.23. The van der Waals surface area contributed by atoms with Crippen LogP contribution in [0.15, 0.2) is 36.9 Å². The normalized spacial score (nSPS) is 23.5. The van der Waals surface area contributed by atoms with Gasteiger partial charge in [0.15, 0.2) is 0 Å². The number of hydrogen-bond acceptors (Lipinski definition) is 3. The average molecular weight is 424 g/mol. The lowest BCUT2D eigenvalue weighted by Gasteiger charge is -2.25. The molecule has 1 aliphatic carbocycles. The molecule has 3 rings (SSSR count). The zero-order valence-electron chi connectivity index (χ0n) is 16.0. The smallest absolute Gasteiger partial charge is 0.241 e. The topological polar surface area (TPSA) is 46.6 Å². The van der Waals surface area contributed by atoms with Gasteiger partial charge in [-0.3, -0.25) is 9.59 Å². The molecule has 1 fully saturated rings. The molecule has 150 valence electrons. The van der Waals surface area contributed by atoms with Crippen LogP contribution in [-0.2, 0) is 9.59 Å². The summed E-state index contributed by atoms with van der Waals surface area (Å²) in [6, 6.07) is 2.50. The Hall–Kier alpha value is -1.71. The van der Waals surface area contributed by atoms with Crippen molar-refractivity contribution < 1.29 is 18.7 Å². The molecule has 28 heavy (non-hydrogen) atoms. The molecule has 2 aliphatic rings. The van der Waals surface area contributed by atoms with Gasteiger partial charge in [-0.25, -0.2) is 9.29 Å². The van der Waals surface area contributed by atoms with Crippen LogP contribution in [0.5, 0.6) is 5.75 Å². The van der Waals surface area contributed by atoms with Gasteiger partial charge in [0.1, 0.15) is 17.4 Å². The second-order valence-electron chi connectivity index (χ2n) is 7.09. The van der Waals surface area contributed by atoms with E-state index in [1.165, 1.54) is 6.07 Å².